The molecule has 0 spiro atoms. The Morgan fingerprint density at radius 1 is 1.09 bits per heavy atom. The molecule has 1 fully saturated rings. The van der Waals surface area contributed by atoms with Gasteiger partial charge in [0, 0.05) is 18.8 Å². The Morgan fingerprint density at radius 3 is 2.31 bits per heavy atom. The molecule has 32 heavy (non-hydrogen) atoms. The summed E-state index contributed by atoms with van der Waals surface area (Å²) in [5.41, 5.74) is 1.69. The molecule has 9 heteroatoms. The zero-order chi connectivity index (χ0) is 23.3. The Bertz CT molecular complexity index is 1070. The highest BCUT2D eigenvalue weighted by atomic mass is 32.2. The van der Waals surface area contributed by atoms with Gasteiger partial charge in [-0.15, -0.1) is 0 Å². The number of hydrogen-bond donors (Lipinski definition) is 2. The van der Waals surface area contributed by atoms with Crippen molar-refractivity contribution in [1.29, 1.82) is 0 Å². The van der Waals surface area contributed by atoms with Crippen LogP contribution in [0.2, 0.25) is 0 Å². The van der Waals surface area contributed by atoms with Gasteiger partial charge in [-0.25, -0.2) is 13.2 Å². The molecular formula is C23H28N2O6S. The number of benzene rings is 2. The average Bonchev–Trinajstić information content (AvgIpc) is 2.79. The molecule has 2 aromatic rings. The lowest BCUT2D eigenvalue weighted by molar-refractivity contribution is -0.148. The third kappa shape index (κ3) is 5.40. The van der Waals surface area contributed by atoms with Crippen LogP contribution in [0, 0.1) is 5.92 Å². The molecule has 1 saturated heterocycles. The Labute approximate surface area is 188 Å². The molecule has 3 rings (SSSR count). The van der Waals surface area contributed by atoms with E-state index in [-0.39, 0.29) is 28.0 Å². The molecule has 0 amide bonds. The van der Waals surface area contributed by atoms with E-state index in [1.165, 1.54) is 18.2 Å². The van der Waals surface area contributed by atoms with E-state index in [1.807, 2.05) is 11.8 Å². The van der Waals surface area contributed by atoms with Gasteiger partial charge in [-0.2, -0.15) is 0 Å². The van der Waals surface area contributed by atoms with Gasteiger partial charge < -0.3 is 14.7 Å². The van der Waals surface area contributed by atoms with Crippen molar-refractivity contribution in [2.24, 2.45) is 5.92 Å². The second-order valence-electron chi connectivity index (χ2n) is 7.65. The van der Waals surface area contributed by atoms with Crippen LogP contribution >= 0.6 is 0 Å². The van der Waals surface area contributed by atoms with Crippen molar-refractivity contribution in [3.05, 3.63) is 53.6 Å². The number of carboxylic acids is 1. The molecule has 1 aliphatic heterocycles. The molecule has 0 aliphatic carbocycles. The molecule has 0 bridgehead atoms. The van der Waals surface area contributed by atoms with E-state index in [0.717, 1.165) is 12.0 Å². The number of carbonyl (C=O) groups excluding carboxylic acids is 1. The van der Waals surface area contributed by atoms with Gasteiger partial charge in [0.05, 0.1) is 28.7 Å². The molecule has 0 aromatic heterocycles. The fourth-order valence-corrected chi connectivity index (χ4v) is 4.83. The summed E-state index contributed by atoms with van der Waals surface area (Å²) in [6, 6.07) is 11.0. The summed E-state index contributed by atoms with van der Waals surface area (Å²) in [5.74, 6) is -1.56. The van der Waals surface area contributed by atoms with Crippen LogP contribution in [0.15, 0.2) is 47.4 Å². The third-order valence-corrected chi connectivity index (χ3v) is 6.97. The largest absolute Gasteiger partial charge is 0.478 e. The number of aromatic carboxylic acids is 1. The van der Waals surface area contributed by atoms with Gasteiger partial charge in [-0.05, 0) is 62.1 Å². The third-order valence-electron chi connectivity index (χ3n) is 5.58. The Balaban J connectivity index is 1.78. The second-order valence-corrected chi connectivity index (χ2v) is 9.34. The van der Waals surface area contributed by atoms with Gasteiger partial charge in [0.15, 0.2) is 0 Å². The predicted molar refractivity (Wildman–Crippen MR) is 122 cm³/mol. The second kappa shape index (κ2) is 10.0. The molecule has 2 N–H and O–H groups in total. The summed E-state index contributed by atoms with van der Waals surface area (Å²) in [5, 5.41) is 9.73. The van der Waals surface area contributed by atoms with Crippen molar-refractivity contribution in [2.45, 2.75) is 38.0 Å². The van der Waals surface area contributed by atoms with Gasteiger partial charge in [-0.3, -0.25) is 9.52 Å². The standard InChI is InChI=1S/C23H28N2O6S/c1-3-16-5-8-19(9-6-16)32(29,30)24-18-7-10-21(20(15-18)22(26)27)25-13-11-17(12-14-25)23(28)31-4-2/h5-10,15,17,24H,3-4,11-14H2,1-2H3,(H,26,27). The smallest absolute Gasteiger partial charge is 0.337 e. The maximum atomic E-state index is 12.7. The van der Waals surface area contributed by atoms with Gasteiger partial charge in [0.25, 0.3) is 10.0 Å². The summed E-state index contributed by atoms with van der Waals surface area (Å²) in [6.45, 7) is 5.11. The van der Waals surface area contributed by atoms with Crippen LogP contribution < -0.4 is 9.62 Å². The number of anilines is 2. The van der Waals surface area contributed by atoms with Gasteiger partial charge in [-0.1, -0.05) is 19.1 Å². The molecular weight excluding hydrogens is 432 g/mol. The summed E-state index contributed by atoms with van der Waals surface area (Å²) in [4.78, 5) is 25.9. The van der Waals surface area contributed by atoms with Gasteiger partial charge >= 0.3 is 11.9 Å². The summed E-state index contributed by atoms with van der Waals surface area (Å²) in [7, 11) is -3.85. The first kappa shape index (κ1) is 23.6. The first-order valence-electron chi connectivity index (χ1n) is 10.7. The van der Waals surface area contributed by atoms with Crippen LogP contribution in [0.4, 0.5) is 11.4 Å². The predicted octanol–water partition coefficient (Wildman–Crippen LogP) is 3.53. The zero-order valence-electron chi connectivity index (χ0n) is 18.2. The Hall–Kier alpha value is -3.07. The SMILES string of the molecule is CCOC(=O)C1CCN(c2ccc(NS(=O)(=O)c3ccc(CC)cc3)cc2C(=O)O)CC1. The number of carbonyl (C=O) groups is 2. The number of ether oxygens (including phenoxy) is 1. The van der Waals surface area contributed by atoms with E-state index >= 15 is 0 Å². The average molecular weight is 461 g/mol. The van der Waals surface area contributed by atoms with Gasteiger partial charge in [0.1, 0.15) is 0 Å². The van der Waals surface area contributed by atoms with Crippen molar-refractivity contribution in [1.82, 2.24) is 0 Å². The fourth-order valence-electron chi connectivity index (χ4n) is 3.78. The highest BCUT2D eigenvalue weighted by Gasteiger charge is 2.28. The summed E-state index contributed by atoms with van der Waals surface area (Å²) in [6.07, 6.45) is 1.94. The molecule has 8 nitrogen and oxygen atoms in total. The van der Waals surface area contributed by atoms with Crippen LogP contribution in [-0.2, 0) is 26.0 Å². The van der Waals surface area contributed by atoms with Crippen LogP contribution in [0.3, 0.4) is 0 Å². The van der Waals surface area contributed by atoms with E-state index in [9.17, 15) is 23.1 Å². The Morgan fingerprint density at radius 2 is 1.75 bits per heavy atom. The maximum Gasteiger partial charge on any atom is 0.337 e. The first-order chi connectivity index (χ1) is 15.2. The van der Waals surface area contributed by atoms with Crippen molar-refractivity contribution in [2.75, 3.05) is 29.3 Å². The highest BCUT2D eigenvalue weighted by molar-refractivity contribution is 7.92. The maximum absolute atomic E-state index is 12.7. The lowest BCUT2D eigenvalue weighted by atomic mass is 9.96. The quantitative estimate of drug-likeness (QED) is 0.580. The molecule has 1 heterocycles. The number of carboxylic acid groups (broad SMARTS) is 1. The number of piperidine rings is 1. The molecule has 0 atom stereocenters. The number of sulfonamides is 1. The van der Waals surface area contributed by atoms with Crippen LogP contribution in [-0.4, -0.2) is 45.2 Å². The van der Waals surface area contributed by atoms with Gasteiger partial charge in [0.2, 0.25) is 0 Å². The van der Waals surface area contributed by atoms with E-state index in [2.05, 4.69) is 4.72 Å². The van der Waals surface area contributed by atoms with Crippen molar-refractivity contribution >= 4 is 33.3 Å². The monoisotopic (exact) mass is 460 g/mol. The normalized spacial score (nSPS) is 14.8. The van der Waals surface area contributed by atoms with E-state index in [0.29, 0.717) is 38.2 Å². The number of nitrogens with one attached hydrogen (secondary N) is 1. The minimum atomic E-state index is -3.85. The number of hydrogen-bond acceptors (Lipinski definition) is 6. The lowest BCUT2D eigenvalue weighted by Crippen LogP contribution is -2.37. The molecule has 172 valence electrons. The minimum absolute atomic E-state index is 0.00103. The minimum Gasteiger partial charge on any atom is -0.478 e. The number of aryl methyl sites for hydroxylation is 1. The molecule has 0 saturated carbocycles. The van der Waals surface area contributed by atoms with Crippen molar-refractivity contribution in [3.8, 4) is 0 Å². The summed E-state index contributed by atoms with van der Waals surface area (Å²) >= 11 is 0. The number of esters is 1. The van der Waals surface area contributed by atoms with E-state index in [4.69, 9.17) is 4.74 Å². The number of nitrogens with zero attached hydrogens (tertiary/aromatic N) is 1. The van der Waals surface area contributed by atoms with Crippen LogP contribution in [0.1, 0.15) is 42.6 Å². The fraction of sp³-hybridized carbons (Fsp3) is 0.391. The van der Waals surface area contributed by atoms with Crippen LogP contribution in [0.25, 0.3) is 0 Å². The molecule has 0 unspecified atom stereocenters. The highest BCUT2D eigenvalue weighted by Crippen LogP contribution is 2.30. The van der Waals surface area contributed by atoms with Crippen LogP contribution in [0.5, 0.6) is 0 Å². The first-order valence-corrected chi connectivity index (χ1v) is 12.1. The summed E-state index contributed by atoms with van der Waals surface area (Å²) < 4.78 is 33.0. The topological polar surface area (TPSA) is 113 Å². The molecule has 0 radical (unpaired) electrons. The van der Waals surface area contributed by atoms with E-state index < -0.39 is 16.0 Å². The lowest BCUT2D eigenvalue weighted by Gasteiger charge is -2.33. The Kier molecular flexibility index (Phi) is 7.40. The van der Waals surface area contributed by atoms with Crippen molar-refractivity contribution in [3.63, 3.8) is 0 Å². The van der Waals surface area contributed by atoms with Crippen molar-refractivity contribution < 1.29 is 27.9 Å². The van der Waals surface area contributed by atoms with E-state index in [1.54, 1.807) is 31.2 Å². The number of rotatable bonds is 8. The molecule has 1 aliphatic rings. The zero-order valence-corrected chi connectivity index (χ0v) is 19.0. The molecule has 2 aromatic carbocycles.